The van der Waals surface area contributed by atoms with Gasteiger partial charge < -0.3 is 5.32 Å². The lowest BCUT2D eigenvalue weighted by molar-refractivity contribution is 0.284. The maximum absolute atomic E-state index is 5.86. The molecule has 16 heavy (non-hydrogen) atoms. The molecule has 1 aliphatic heterocycles. The Morgan fingerprint density at radius 2 is 1.88 bits per heavy atom. The quantitative estimate of drug-likeness (QED) is 0.880. The van der Waals surface area contributed by atoms with Crippen molar-refractivity contribution in [3.63, 3.8) is 0 Å². The average Bonchev–Trinajstić information content (AvgIpc) is 2.50. The van der Waals surface area contributed by atoms with Crippen LogP contribution >= 0.6 is 24.0 Å². The third-order valence-electron chi connectivity index (χ3n) is 2.75. The van der Waals surface area contributed by atoms with Crippen molar-refractivity contribution in [2.45, 2.75) is 13.0 Å². The summed E-state index contributed by atoms with van der Waals surface area (Å²) in [6.45, 7) is 5.63. The van der Waals surface area contributed by atoms with Gasteiger partial charge in [0.15, 0.2) is 0 Å². The Hall–Kier alpha value is -0.280. The highest BCUT2D eigenvalue weighted by molar-refractivity contribution is 6.30. The zero-order valence-electron chi connectivity index (χ0n) is 9.29. The van der Waals surface area contributed by atoms with Gasteiger partial charge in [-0.25, -0.2) is 0 Å². The molecule has 1 fully saturated rings. The molecule has 0 atom stereocenters. The van der Waals surface area contributed by atoms with Crippen molar-refractivity contribution in [3.05, 3.63) is 34.9 Å². The number of halogens is 2. The van der Waals surface area contributed by atoms with E-state index in [1.165, 1.54) is 18.5 Å². The third-order valence-corrected chi connectivity index (χ3v) is 3.00. The van der Waals surface area contributed by atoms with Crippen LogP contribution in [0.4, 0.5) is 0 Å². The summed E-state index contributed by atoms with van der Waals surface area (Å²) in [7, 11) is 0. The zero-order valence-corrected chi connectivity index (χ0v) is 10.9. The first-order valence-corrected chi connectivity index (χ1v) is 5.90. The van der Waals surface area contributed by atoms with Gasteiger partial charge in [0.05, 0.1) is 0 Å². The van der Waals surface area contributed by atoms with Crippen LogP contribution in [0.15, 0.2) is 24.3 Å². The molecule has 0 aliphatic carbocycles. The normalized spacial score (nSPS) is 17.6. The van der Waals surface area contributed by atoms with Crippen LogP contribution in [0.3, 0.4) is 0 Å². The van der Waals surface area contributed by atoms with E-state index in [-0.39, 0.29) is 12.4 Å². The van der Waals surface area contributed by atoms with Gasteiger partial charge >= 0.3 is 0 Å². The molecule has 1 aromatic carbocycles. The van der Waals surface area contributed by atoms with Crippen molar-refractivity contribution in [1.82, 2.24) is 10.2 Å². The monoisotopic (exact) mass is 260 g/mol. The lowest BCUT2D eigenvalue weighted by atomic mass is 10.2. The van der Waals surface area contributed by atoms with Gasteiger partial charge in [-0.1, -0.05) is 23.7 Å². The van der Waals surface area contributed by atoms with E-state index in [9.17, 15) is 0 Å². The average molecular weight is 261 g/mol. The summed E-state index contributed by atoms with van der Waals surface area (Å²) < 4.78 is 0. The molecule has 0 aromatic heterocycles. The molecule has 1 aliphatic rings. The highest BCUT2D eigenvalue weighted by Crippen LogP contribution is 2.11. The number of hydrogen-bond acceptors (Lipinski definition) is 2. The SMILES string of the molecule is Cl.Clc1ccc(CN2CCCNCC2)cc1. The van der Waals surface area contributed by atoms with Gasteiger partial charge in [0.25, 0.3) is 0 Å². The van der Waals surface area contributed by atoms with Crippen molar-refractivity contribution in [2.24, 2.45) is 0 Å². The summed E-state index contributed by atoms with van der Waals surface area (Å²) in [5, 5.41) is 4.23. The van der Waals surface area contributed by atoms with E-state index in [2.05, 4.69) is 22.3 Å². The standard InChI is InChI=1S/C12H17ClN2.ClH/c13-12-4-2-11(3-5-12)10-15-8-1-6-14-7-9-15;/h2-5,14H,1,6-10H2;1H. The zero-order chi connectivity index (χ0) is 10.5. The van der Waals surface area contributed by atoms with Crippen LogP contribution in [0.2, 0.25) is 5.02 Å². The summed E-state index contributed by atoms with van der Waals surface area (Å²) in [5.41, 5.74) is 1.35. The second kappa shape index (κ2) is 7.13. The number of nitrogens with zero attached hydrogens (tertiary/aromatic N) is 1. The summed E-state index contributed by atoms with van der Waals surface area (Å²) >= 11 is 5.86. The Morgan fingerprint density at radius 1 is 1.12 bits per heavy atom. The van der Waals surface area contributed by atoms with Crippen molar-refractivity contribution in [2.75, 3.05) is 26.2 Å². The van der Waals surface area contributed by atoms with Crippen LogP contribution in [0, 0.1) is 0 Å². The van der Waals surface area contributed by atoms with Gasteiger partial charge in [-0.3, -0.25) is 4.90 Å². The highest BCUT2D eigenvalue weighted by Gasteiger charge is 2.08. The van der Waals surface area contributed by atoms with E-state index in [4.69, 9.17) is 11.6 Å². The van der Waals surface area contributed by atoms with Crippen LogP contribution in [-0.4, -0.2) is 31.1 Å². The highest BCUT2D eigenvalue weighted by atomic mass is 35.5. The van der Waals surface area contributed by atoms with Crippen LogP contribution < -0.4 is 5.32 Å². The largest absolute Gasteiger partial charge is 0.315 e. The Morgan fingerprint density at radius 3 is 2.62 bits per heavy atom. The number of benzene rings is 1. The molecule has 0 saturated carbocycles. The van der Waals surface area contributed by atoms with Crippen LogP contribution in [0.25, 0.3) is 0 Å². The molecule has 4 heteroatoms. The Kier molecular flexibility index (Phi) is 6.14. The maximum Gasteiger partial charge on any atom is 0.0406 e. The van der Waals surface area contributed by atoms with Crippen molar-refractivity contribution in [3.8, 4) is 0 Å². The first-order chi connectivity index (χ1) is 7.34. The predicted octanol–water partition coefficient (Wildman–Crippen LogP) is 2.56. The van der Waals surface area contributed by atoms with Gasteiger partial charge in [-0.15, -0.1) is 12.4 Å². The van der Waals surface area contributed by atoms with Gasteiger partial charge in [-0.2, -0.15) is 0 Å². The molecule has 1 saturated heterocycles. The molecule has 1 N–H and O–H groups in total. The molecule has 1 aromatic rings. The molecule has 2 rings (SSSR count). The fourth-order valence-corrected chi connectivity index (χ4v) is 2.03. The summed E-state index contributed by atoms with van der Waals surface area (Å²) in [6, 6.07) is 8.15. The van der Waals surface area contributed by atoms with E-state index in [1.54, 1.807) is 0 Å². The predicted molar refractivity (Wildman–Crippen MR) is 71.5 cm³/mol. The Bertz CT molecular complexity index is 292. The van der Waals surface area contributed by atoms with Gasteiger partial charge in [-0.05, 0) is 37.2 Å². The van der Waals surface area contributed by atoms with E-state index < -0.39 is 0 Å². The Balaban J connectivity index is 0.00000128. The molecular formula is C12H18Cl2N2. The van der Waals surface area contributed by atoms with Crippen LogP contribution in [0.1, 0.15) is 12.0 Å². The summed E-state index contributed by atoms with van der Waals surface area (Å²) in [5.74, 6) is 0. The topological polar surface area (TPSA) is 15.3 Å². The molecule has 1 heterocycles. The maximum atomic E-state index is 5.86. The third kappa shape index (κ3) is 4.30. The fraction of sp³-hybridized carbons (Fsp3) is 0.500. The van der Waals surface area contributed by atoms with E-state index >= 15 is 0 Å². The van der Waals surface area contributed by atoms with E-state index in [0.717, 1.165) is 31.2 Å². The molecule has 90 valence electrons. The molecule has 0 bridgehead atoms. The second-order valence-corrected chi connectivity index (χ2v) is 4.44. The van der Waals surface area contributed by atoms with Gasteiger partial charge in [0.1, 0.15) is 0 Å². The van der Waals surface area contributed by atoms with Crippen LogP contribution in [-0.2, 0) is 6.54 Å². The van der Waals surface area contributed by atoms with E-state index in [0.29, 0.717) is 0 Å². The number of nitrogens with one attached hydrogen (secondary N) is 1. The molecular weight excluding hydrogens is 243 g/mol. The minimum absolute atomic E-state index is 0. The van der Waals surface area contributed by atoms with E-state index in [1.807, 2.05) is 12.1 Å². The fourth-order valence-electron chi connectivity index (χ4n) is 1.91. The van der Waals surface area contributed by atoms with Crippen LogP contribution in [0.5, 0.6) is 0 Å². The van der Waals surface area contributed by atoms with Crippen molar-refractivity contribution in [1.29, 1.82) is 0 Å². The van der Waals surface area contributed by atoms with Gasteiger partial charge in [0.2, 0.25) is 0 Å². The lowest BCUT2D eigenvalue weighted by Crippen LogP contribution is -2.27. The smallest absolute Gasteiger partial charge is 0.0406 e. The minimum atomic E-state index is 0. The first kappa shape index (κ1) is 13.8. The minimum Gasteiger partial charge on any atom is -0.315 e. The van der Waals surface area contributed by atoms with Crippen molar-refractivity contribution >= 4 is 24.0 Å². The molecule has 0 amide bonds. The van der Waals surface area contributed by atoms with Gasteiger partial charge in [0, 0.05) is 24.7 Å². The lowest BCUT2D eigenvalue weighted by Gasteiger charge is -2.19. The Labute approximate surface area is 108 Å². The molecule has 0 radical (unpaired) electrons. The number of hydrogen-bond donors (Lipinski definition) is 1. The molecule has 2 nitrogen and oxygen atoms in total. The second-order valence-electron chi connectivity index (χ2n) is 4.01. The summed E-state index contributed by atoms with van der Waals surface area (Å²) in [6.07, 6.45) is 1.24. The number of rotatable bonds is 2. The van der Waals surface area contributed by atoms with Crippen molar-refractivity contribution < 1.29 is 0 Å². The molecule has 0 unspecified atom stereocenters. The molecule has 0 spiro atoms. The summed E-state index contributed by atoms with van der Waals surface area (Å²) in [4.78, 5) is 2.49. The first-order valence-electron chi connectivity index (χ1n) is 5.52.